The van der Waals surface area contributed by atoms with Gasteiger partial charge in [-0.2, -0.15) is 0 Å². The molecule has 1 saturated heterocycles. The maximum Gasteiger partial charge on any atom is 0.312 e. The summed E-state index contributed by atoms with van der Waals surface area (Å²) in [6.45, 7) is 1.84. The standard InChI is InChI=1S/C5H8N4O.2ClH/c6-5-9-8-4(10-5)3-1-7-2-3;;/h3,7H,1-2H2,(H2,6,9);2*1H. The first-order valence-corrected chi connectivity index (χ1v) is 3.16. The first kappa shape index (κ1) is 11.5. The monoisotopic (exact) mass is 212 g/mol. The van der Waals surface area contributed by atoms with E-state index in [-0.39, 0.29) is 30.8 Å². The van der Waals surface area contributed by atoms with Crippen molar-refractivity contribution in [2.75, 3.05) is 18.8 Å². The fourth-order valence-corrected chi connectivity index (χ4v) is 0.875. The van der Waals surface area contributed by atoms with Crippen LogP contribution in [0.2, 0.25) is 0 Å². The molecule has 0 atom stereocenters. The molecule has 0 aliphatic carbocycles. The average Bonchev–Trinajstić information content (AvgIpc) is 2.10. The smallest absolute Gasteiger partial charge is 0.312 e. The van der Waals surface area contributed by atoms with Gasteiger partial charge in [0, 0.05) is 13.1 Å². The molecule has 2 rings (SSSR count). The summed E-state index contributed by atoms with van der Waals surface area (Å²) < 4.78 is 5.00. The number of halogens is 2. The Morgan fingerprint density at radius 2 is 2.00 bits per heavy atom. The third-order valence-corrected chi connectivity index (χ3v) is 1.59. The number of anilines is 1. The van der Waals surface area contributed by atoms with Crippen LogP contribution in [0.4, 0.5) is 6.01 Å². The molecule has 0 unspecified atom stereocenters. The first-order valence-electron chi connectivity index (χ1n) is 3.16. The van der Waals surface area contributed by atoms with Gasteiger partial charge < -0.3 is 15.5 Å². The van der Waals surface area contributed by atoms with Crippen LogP contribution in [-0.2, 0) is 0 Å². The van der Waals surface area contributed by atoms with Crippen molar-refractivity contribution in [3.8, 4) is 0 Å². The van der Waals surface area contributed by atoms with Crippen LogP contribution in [0.5, 0.6) is 0 Å². The van der Waals surface area contributed by atoms with Gasteiger partial charge in [0.1, 0.15) is 0 Å². The number of rotatable bonds is 1. The molecule has 1 aromatic rings. The molecule has 1 aliphatic rings. The second-order valence-electron chi connectivity index (χ2n) is 2.33. The summed E-state index contributed by atoms with van der Waals surface area (Å²) in [6.07, 6.45) is 0. The van der Waals surface area contributed by atoms with E-state index < -0.39 is 0 Å². The normalized spacial score (nSPS) is 15.7. The third-order valence-electron chi connectivity index (χ3n) is 1.59. The molecule has 3 N–H and O–H groups in total. The highest BCUT2D eigenvalue weighted by Gasteiger charge is 2.24. The third kappa shape index (κ3) is 2.00. The summed E-state index contributed by atoms with van der Waals surface area (Å²) in [4.78, 5) is 0. The molecular formula is C5H10Cl2N4O. The predicted octanol–water partition coefficient (Wildman–Crippen LogP) is 0.182. The molecule has 12 heavy (non-hydrogen) atoms. The largest absolute Gasteiger partial charge is 0.408 e. The Morgan fingerprint density at radius 3 is 2.33 bits per heavy atom. The molecule has 5 nitrogen and oxygen atoms in total. The van der Waals surface area contributed by atoms with E-state index in [1.165, 1.54) is 0 Å². The van der Waals surface area contributed by atoms with Gasteiger partial charge in [0.2, 0.25) is 5.89 Å². The lowest BCUT2D eigenvalue weighted by Crippen LogP contribution is -2.40. The number of aromatic nitrogens is 2. The number of nitrogens with zero attached hydrogens (tertiary/aromatic N) is 2. The Balaban J connectivity index is 0.000000605. The summed E-state index contributed by atoms with van der Waals surface area (Å²) in [5, 5.41) is 10.4. The highest BCUT2D eigenvalue weighted by molar-refractivity contribution is 5.85. The Bertz CT molecular complexity index is 237. The van der Waals surface area contributed by atoms with Crippen LogP contribution < -0.4 is 11.1 Å². The van der Waals surface area contributed by atoms with Crippen molar-refractivity contribution in [2.24, 2.45) is 0 Å². The maximum absolute atomic E-state index is 5.23. The molecule has 0 amide bonds. The van der Waals surface area contributed by atoms with Gasteiger partial charge in [-0.3, -0.25) is 0 Å². The van der Waals surface area contributed by atoms with Crippen LogP contribution in [0.25, 0.3) is 0 Å². The van der Waals surface area contributed by atoms with Gasteiger partial charge in [-0.15, -0.1) is 29.9 Å². The number of nitrogen functional groups attached to an aromatic ring is 1. The zero-order chi connectivity index (χ0) is 6.97. The summed E-state index contributed by atoms with van der Waals surface area (Å²) in [5.41, 5.74) is 5.23. The maximum atomic E-state index is 5.23. The van der Waals surface area contributed by atoms with Gasteiger partial charge in [-0.25, -0.2) is 0 Å². The number of hydrogen-bond acceptors (Lipinski definition) is 5. The van der Waals surface area contributed by atoms with Crippen molar-refractivity contribution in [3.05, 3.63) is 5.89 Å². The van der Waals surface area contributed by atoms with Crippen molar-refractivity contribution in [3.63, 3.8) is 0 Å². The fourth-order valence-electron chi connectivity index (χ4n) is 0.875. The number of nitrogens with two attached hydrogens (primary N) is 1. The molecule has 0 bridgehead atoms. The summed E-state index contributed by atoms with van der Waals surface area (Å²) >= 11 is 0. The first-order chi connectivity index (χ1) is 4.86. The Labute approximate surface area is 81.9 Å². The molecule has 0 radical (unpaired) electrons. The van der Waals surface area contributed by atoms with Crippen LogP contribution in [0, 0.1) is 0 Å². The van der Waals surface area contributed by atoms with Crippen LogP contribution >= 0.6 is 24.8 Å². The minimum Gasteiger partial charge on any atom is -0.408 e. The van der Waals surface area contributed by atoms with Gasteiger partial charge in [0.15, 0.2) is 0 Å². The van der Waals surface area contributed by atoms with E-state index in [0.717, 1.165) is 13.1 Å². The zero-order valence-electron chi connectivity index (χ0n) is 6.19. The van der Waals surface area contributed by atoms with E-state index in [2.05, 4.69) is 15.5 Å². The van der Waals surface area contributed by atoms with Crippen molar-refractivity contribution in [2.45, 2.75) is 5.92 Å². The molecule has 1 aliphatic heterocycles. The molecule has 2 heterocycles. The molecule has 0 saturated carbocycles. The molecule has 7 heteroatoms. The zero-order valence-corrected chi connectivity index (χ0v) is 7.82. The Kier molecular flexibility index (Phi) is 4.30. The van der Waals surface area contributed by atoms with Gasteiger partial charge in [-0.05, 0) is 0 Å². The van der Waals surface area contributed by atoms with Crippen LogP contribution in [0.3, 0.4) is 0 Å². The van der Waals surface area contributed by atoms with Gasteiger partial charge in [0.25, 0.3) is 0 Å². The van der Waals surface area contributed by atoms with E-state index in [4.69, 9.17) is 10.2 Å². The molecule has 1 aromatic heterocycles. The van der Waals surface area contributed by atoms with E-state index in [9.17, 15) is 0 Å². The lowest BCUT2D eigenvalue weighted by atomic mass is 10.0. The number of nitrogens with one attached hydrogen (secondary N) is 1. The average molecular weight is 213 g/mol. The minimum atomic E-state index is 0. The Hall–Kier alpha value is -0.520. The van der Waals surface area contributed by atoms with Crippen molar-refractivity contribution in [1.29, 1.82) is 0 Å². The topological polar surface area (TPSA) is 77.0 Å². The molecule has 0 aromatic carbocycles. The number of hydrogen-bond donors (Lipinski definition) is 2. The van der Waals surface area contributed by atoms with Crippen molar-refractivity contribution < 1.29 is 4.42 Å². The van der Waals surface area contributed by atoms with E-state index in [1.807, 2.05) is 0 Å². The Morgan fingerprint density at radius 1 is 1.33 bits per heavy atom. The second-order valence-corrected chi connectivity index (χ2v) is 2.33. The SMILES string of the molecule is Cl.Cl.Nc1nnc(C2CNC2)o1. The summed E-state index contributed by atoms with van der Waals surface area (Å²) in [6, 6.07) is 0.155. The van der Waals surface area contributed by atoms with Gasteiger partial charge >= 0.3 is 6.01 Å². The molecular weight excluding hydrogens is 203 g/mol. The van der Waals surface area contributed by atoms with E-state index in [1.54, 1.807) is 0 Å². The quantitative estimate of drug-likeness (QED) is 0.695. The highest BCUT2D eigenvalue weighted by atomic mass is 35.5. The van der Waals surface area contributed by atoms with Crippen molar-refractivity contribution in [1.82, 2.24) is 15.5 Å². The summed E-state index contributed by atoms with van der Waals surface area (Å²) in [7, 11) is 0. The van der Waals surface area contributed by atoms with Crippen molar-refractivity contribution >= 4 is 30.8 Å². The second kappa shape index (κ2) is 4.49. The van der Waals surface area contributed by atoms with E-state index in [0.29, 0.717) is 11.8 Å². The lowest BCUT2D eigenvalue weighted by Gasteiger charge is -2.22. The van der Waals surface area contributed by atoms with Crippen LogP contribution in [-0.4, -0.2) is 23.3 Å². The van der Waals surface area contributed by atoms with Crippen LogP contribution in [0.1, 0.15) is 11.8 Å². The molecule has 1 fully saturated rings. The predicted molar refractivity (Wildman–Crippen MR) is 48.8 cm³/mol. The molecule has 0 spiro atoms. The van der Waals surface area contributed by atoms with Gasteiger partial charge in [0.05, 0.1) is 5.92 Å². The highest BCUT2D eigenvalue weighted by Crippen LogP contribution is 2.18. The van der Waals surface area contributed by atoms with Crippen LogP contribution in [0.15, 0.2) is 4.42 Å². The fraction of sp³-hybridized carbons (Fsp3) is 0.600. The summed E-state index contributed by atoms with van der Waals surface area (Å²) in [5.74, 6) is 1.03. The molecule has 70 valence electrons. The van der Waals surface area contributed by atoms with E-state index >= 15 is 0 Å². The van der Waals surface area contributed by atoms with Gasteiger partial charge in [-0.1, -0.05) is 5.10 Å². The lowest BCUT2D eigenvalue weighted by molar-refractivity contribution is 0.362. The minimum absolute atomic E-state index is 0.